The van der Waals surface area contributed by atoms with E-state index in [4.69, 9.17) is 5.73 Å². The Morgan fingerprint density at radius 3 is 2.44 bits per heavy atom. The molecular formula is C9H14F3N3O. The first-order valence-corrected chi connectivity index (χ1v) is 4.81. The summed E-state index contributed by atoms with van der Waals surface area (Å²) >= 11 is 0. The highest BCUT2D eigenvalue weighted by atomic mass is 19.4. The maximum atomic E-state index is 12.8. The molecule has 0 saturated heterocycles. The number of hydrogen-bond donors (Lipinski definition) is 2. The number of alkyl halides is 3. The molecule has 0 saturated carbocycles. The van der Waals surface area contributed by atoms with E-state index in [9.17, 15) is 18.3 Å². The minimum atomic E-state index is -4.83. The van der Waals surface area contributed by atoms with Crippen molar-refractivity contribution in [1.29, 1.82) is 0 Å². The van der Waals surface area contributed by atoms with Crippen LogP contribution in [0.4, 0.5) is 13.2 Å². The number of aromatic nitrogens is 2. The molecule has 2 atom stereocenters. The second kappa shape index (κ2) is 4.06. The van der Waals surface area contributed by atoms with Crippen molar-refractivity contribution in [1.82, 2.24) is 9.78 Å². The molecule has 1 aromatic rings. The number of aliphatic hydroxyl groups is 1. The van der Waals surface area contributed by atoms with Gasteiger partial charge in [-0.3, -0.25) is 4.68 Å². The maximum Gasteiger partial charge on any atom is 0.423 e. The highest BCUT2D eigenvalue weighted by molar-refractivity contribution is 5.20. The summed E-state index contributed by atoms with van der Waals surface area (Å²) in [5.41, 5.74) is 1.84. The molecule has 7 heteroatoms. The van der Waals surface area contributed by atoms with Gasteiger partial charge in [-0.15, -0.1) is 0 Å². The second-order valence-corrected chi connectivity index (χ2v) is 3.64. The quantitative estimate of drug-likeness (QED) is 0.824. The van der Waals surface area contributed by atoms with Gasteiger partial charge in [0.1, 0.15) is 0 Å². The first-order valence-electron chi connectivity index (χ1n) is 4.81. The number of hydrogen-bond acceptors (Lipinski definition) is 3. The van der Waals surface area contributed by atoms with Gasteiger partial charge < -0.3 is 10.8 Å². The Bertz CT molecular complexity index is 361. The third kappa shape index (κ3) is 1.92. The van der Waals surface area contributed by atoms with Gasteiger partial charge >= 0.3 is 6.18 Å². The van der Waals surface area contributed by atoms with Crippen molar-refractivity contribution in [3.05, 3.63) is 18.0 Å². The molecule has 92 valence electrons. The van der Waals surface area contributed by atoms with Crippen LogP contribution in [0.1, 0.15) is 19.4 Å². The van der Waals surface area contributed by atoms with Crippen LogP contribution in [0.25, 0.3) is 0 Å². The van der Waals surface area contributed by atoms with E-state index in [0.717, 1.165) is 19.3 Å². The molecule has 0 aliphatic heterocycles. The second-order valence-electron chi connectivity index (χ2n) is 3.64. The molecular weight excluding hydrogens is 223 g/mol. The molecule has 0 radical (unpaired) electrons. The molecule has 3 N–H and O–H groups in total. The molecule has 0 aromatic carbocycles. The molecule has 0 bridgehead atoms. The van der Waals surface area contributed by atoms with Gasteiger partial charge in [0.2, 0.25) is 5.60 Å². The molecule has 4 nitrogen and oxygen atoms in total. The van der Waals surface area contributed by atoms with Crippen molar-refractivity contribution in [2.45, 2.75) is 38.2 Å². The van der Waals surface area contributed by atoms with Gasteiger partial charge in [0.05, 0.1) is 6.20 Å². The van der Waals surface area contributed by atoms with Crippen LogP contribution in [0.5, 0.6) is 0 Å². The van der Waals surface area contributed by atoms with E-state index in [1.54, 1.807) is 6.92 Å². The molecule has 1 heterocycles. The monoisotopic (exact) mass is 237 g/mol. The van der Waals surface area contributed by atoms with Crippen molar-refractivity contribution in [3.8, 4) is 0 Å². The smallest absolute Gasteiger partial charge is 0.375 e. The van der Waals surface area contributed by atoms with Crippen molar-refractivity contribution in [2.75, 3.05) is 0 Å². The summed E-state index contributed by atoms with van der Waals surface area (Å²) in [6.45, 7) is 3.26. The first kappa shape index (κ1) is 13.0. The van der Waals surface area contributed by atoms with Crippen molar-refractivity contribution in [3.63, 3.8) is 0 Å². The number of nitrogens with zero attached hydrogens (tertiary/aromatic N) is 2. The Morgan fingerprint density at radius 1 is 1.56 bits per heavy atom. The van der Waals surface area contributed by atoms with E-state index in [0.29, 0.717) is 6.54 Å². The van der Waals surface area contributed by atoms with Crippen LogP contribution in [0.3, 0.4) is 0 Å². The Hall–Kier alpha value is -1.08. The summed E-state index contributed by atoms with van der Waals surface area (Å²) in [4.78, 5) is 0. The molecule has 0 aliphatic carbocycles. The summed E-state index contributed by atoms with van der Waals surface area (Å²) in [6.07, 6.45) is -2.69. The minimum Gasteiger partial charge on any atom is -0.375 e. The summed E-state index contributed by atoms with van der Waals surface area (Å²) < 4.78 is 39.7. The molecule has 2 unspecified atom stereocenters. The lowest BCUT2D eigenvalue weighted by molar-refractivity contribution is -0.272. The molecule has 1 rings (SSSR count). The maximum absolute atomic E-state index is 12.8. The van der Waals surface area contributed by atoms with Crippen LogP contribution < -0.4 is 5.73 Å². The Balaban J connectivity index is 3.22. The minimum absolute atomic E-state index is 0.336. The van der Waals surface area contributed by atoms with Gasteiger partial charge in [-0.05, 0) is 13.8 Å². The van der Waals surface area contributed by atoms with Gasteiger partial charge in [0, 0.05) is 24.3 Å². The fourth-order valence-corrected chi connectivity index (χ4v) is 1.42. The number of aryl methyl sites for hydroxylation is 1. The normalized spacial score (nSPS) is 18.2. The summed E-state index contributed by atoms with van der Waals surface area (Å²) in [7, 11) is 0. The zero-order valence-electron chi connectivity index (χ0n) is 8.99. The molecule has 16 heavy (non-hydrogen) atoms. The summed E-state index contributed by atoms with van der Waals surface area (Å²) in [5, 5.41) is 13.4. The van der Waals surface area contributed by atoms with Crippen LogP contribution in [-0.2, 0) is 12.1 Å². The highest BCUT2D eigenvalue weighted by Crippen LogP contribution is 2.40. The van der Waals surface area contributed by atoms with Crippen molar-refractivity contribution < 1.29 is 18.3 Å². The first-order chi connectivity index (χ1) is 7.23. The SMILES string of the molecule is CCn1cc(C(O)(C(C)N)C(F)(F)F)cn1. The lowest BCUT2D eigenvalue weighted by Gasteiger charge is -2.32. The fourth-order valence-electron chi connectivity index (χ4n) is 1.42. The number of rotatable bonds is 3. The van der Waals surface area contributed by atoms with E-state index in [1.807, 2.05) is 0 Å². The van der Waals surface area contributed by atoms with E-state index in [2.05, 4.69) is 5.10 Å². The van der Waals surface area contributed by atoms with Crippen LogP contribution >= 0.6 is 0 Å². The standard InChI is InChI=1S/C9H14F3N3O/c1-3-15-5-7(4-14-15)8(16,6(2)13)9(10,11)12/h4-6,16H,3,13H2,1-2H3. The average Bonchev–Trinajstić information content (AvgIpc) is 2.62. The molecule has 1 aromatic heterocycles. The third-order valence-corrected chi connectivity index (χ3v) is 2.49. The lowest BCUT2D eigenvalue weighted by atomic mass is 9.89. The van der Waals surface area contributed by atoms with E-state index >= 15 is 0 Å². The van der Waals surface area contributed by atoms with E-state index in [-0.39, 0.29) is 5.56 Å². The molecule has 0 fully saturated rings. The van der Waals surface area contributed by atoms with Gasteiger partial charge in [0.25, 0.3) is 0 Å². The zero-order valence-corrected chi connectivity index (χ0v) is 8.99. The van der Waals surface area contributed by atoms with Gasteiger partial charge in [-0.25, -0.2) is 0 Å². The fraction of sp³-hybridized carbons (Fsp3) is 0.667. The molecule has 0 aliphatic rings. The number of halogens is 3. The third-order valence-electron chi connectivity index (χ3n) is 2.49. The van der Waals surface area contributed by atoms with Gasteiger partial charge in [0.15, 0.2) is 0 Å². The largest absolute Gasteiger partial charge is 0.423 e. The van der Waals surface area contributed by atoms with Crippen molar-refractivity contribution >= 4 is 0 Å². The zero-order chi connectivity index (χ0) is 12.6. The molecule has 0 spiro atoms. The molecule has 0 amide bonds. The predicted molar refractivity (Wildman–Crippen MR) is 51.5 cm³/mol. The van der Waals surface area contributed by atoms with Crippen LogP contribution in [-0.4, -0.2) is 27.1 Å². The van der Waals surface area contributed by atoms with Gasteiger partial charge in [-0.2, -0.15) is 18.3 Å². The Morgan fingerprint density at radius 2 is 2.12 bits per heavy atom. The Kier molecular flexibility index (Phi) is 3.30. The van der Waals surface area contributed by atoms with Crippen molar-refractivity contribution in [2.24, 2.45) is 5.73 Å². The van der Waals surface area contributed by atoms with E-state index in [1.165, 1.54) is 4.68 Å². The van der Waals surface area contributed by atoms with E-state index < -0.39 is 17.8 Å². The summed E-state index contributed by atoms with van der Waals surface area (Å²) in [6, 6.07) is -1.47. The highest BCUT2D eigenvalue weighted by Gasteiger charge is 2.58. The van der Waals surface area contributed by atoms with Crippen LogP contribution in [0, 0.1) is 0 Å². The van der Waals surface area contributed by atoms with Gasteiger partial charge in [-0.1, -0.05) is 0 Å². The predicted octanol–water partition coefficient (Wildman–Crippen LogP) is 1.00. The Labute approximate surface area is 90.9 Å². The van der Waals surface area contributed by atoms with Crippen LogP contribution in [0.2, 0.25) is 0 Å². The summed E-state index contributed by atoms with van der Waals surface area (Å²) in [5.74, 6) is 0. The number of nitrogens with two attached hydrogens (primary N) is 1. The lowest BCUT2D eigenvalue weighted by Crippen LogP contribution is -2.54. The van der Waals surface area contributed by atoms with Crippen LogP contribution in [0.15, 0.2) is 12.4 Å². The average molecular weight is 237 g/mol. The topological polar surface area (TPSA) is 64.1 Å².